The molecule has 1 N–H and O–H groups in total. The molecule has 1 saturated heterocycles. The van der Waals surface area contributed by atoms with E-state index in [4.69, 9.17) is 14.6 Å². The molecule has 0 saturated carbocycles. The van der Waals surface area contributed by atoms with Gasteiger partial charge in [0.2, 0.25) is 0 Å². The topological polar surface area (TPSA) is 76.1 Å². The first-order chi connectivity index (χ1) is 11.5. The smallest absolute Gasteiger partial charge is 0.303 e. The minimum Gasteiger partial charge on any atom is -0.497 e. The summed E-state index contributed by atoms with van der Waals surface area (Å²) in [5.74, 6) is 0.331. The Kier molecular flexibility index (Phi) is 6.23. The third-order valence-corrected chi connectivity index (χ3v) is 4.14. The van der Waals surface area contributed by atoms with E-state index in [-0.39, 0.29) is 18.2 Å². The van der Waals surface area contributed by atoms with Crippen LogP contribution in [-0.2, 0) is 4.79 Å². The van der Waals surface area contributed by atoms with Crippen molar-refractivity contribution < 1.29 is 24.2 Å². The van der Waals surface area contributed by atoms with E-state index in [1.54, 1.807) is 36.3 Å². The van der Waals surface area contributed by atoms with Gasteiger partial charge in [-0.05, 0) is 30.9 Å². The van der Waals surface area contributed by atoms with E-state index >= 15 is 0 Å². The number of methoxy groups -OCH3 is 1. The highest BCUT2D eigenvalue weighted by atomic mass is 16.5. The van der Waals surface area contributed by atoms with Gasteiger partial charge in [-0.2, -0.15) is 0 Å². The van der Waals surface area contributed by atoms with Crippen molar-refractivity contribution in [1.29, 1.82) is 0 Å². The van der Waals surface area contributed by atoms with Crippen LogP contribution in [0.25, 0.3) is 0 Å². The summed E-state index contributed by atoms with van der Waals surface area (Å²) in [6.07, 6.45) is 3.19. The van der Waals surface area contributed by atoms with Crippen molar-refractivity contribution in [3.63, 3.8) is 0 Å². The first-order valence-corrected chi connectivity index (χ1v) is 7.98. The Morgan fingerprint density at radius 2 is 2.08 bits per heavy atom. The number of carbonyl (C=O) groups excluding carboxylic acids is 1. The molecule has 0 bridgehead atoms. The molecule has 1 heterocycles. The van der Waals surface area contributed by atoms with Crippen LogP contribution in [0.5, 0.6) is 11.5 Å². The standard InChI is InChI=1S/C18H23NO5/c1-3-10-24-16-12-14(23-2)4-5-15(16)18(22)19-8-6-13(7-9-19)11-17(20)21/h3-5,12-13H,1,6-11H2,2H3,(H,20,21). The van der Waals surface area contributed by atoms with Gasteiger partial charge in [0.05, 0.1) is 12.7 Å². The molecule has 0 atom stereocenters. The Morgan fingerprint density at radius 3 is 2.67 bits per heavy atom. The lowest BCUT2D eigenvalue weighted by molar-refractivity contribution is -0.138. The molecule has 2 rings (SSSR count). The van der Waals surface area contributed by atoms with Crippen LogP contribution in [0.1, 0.15) is 29.6 Å². The summed E-state index contributed by atoms with van der Waals surface area (Å²) in [5.41, 5.74) is 0.481. The molecule has 0 aliphatic carbocycles. The van der Waals surface area contributed by atoms with Crippen molar-refractivity contribution >= 4 is 11.9 Å². The molecule has 6 heteroatoms. The Labute approximate surface area is 141 Å². The van der Waals surface area contributed by atoms with Gasteiger partial charge < -0.3 is 19.5 Å². The fraction of sp³-hybridized carbons (Fsp3) is 0.444. The lowest BCUT2D eigenvalue weighted by Crippen LogP contribution is -2.39. The summed E-state index contributed by atoms with van der Waals surface area (Å²) in [4.78, 5) is 25.3. The number of piperidine rings is 1. The number of hydrogen-bond donors (Lipinski definition) is 1. The fourth-order valence-electron chi connectivity index (χ4n) is 2.83. The van der Waals surface area contributed by atoms with Crippen LogP contribution in [0, 0.1) is 5.92 Å². The highest BCUT2D eigenvalue weighted by Crippen LogP contribution is 2.28. The first kappa shape index (κ1) is 17.8. The van der Waals surface area contributed by atoms with Gasteiger partial charge in [0.25, 0.3) is 5.91 Å². The second-order valence-electron chi connectivity index (χ2n) is 5.80. The Morgan fingerprint density at radius 1 is 1.38 bits per heavy atom. The van der Waals surface area contributed by atoms with Crippen molar-refractivity contribution in [1.82, 2.24) is 4.90 Å². The molecule has 1 amide bonds. The van der Waals surface area contributed by atoms with E-state index < -0.39 is 5.97 Å². The molecule has 0 radical (unpaired) electrons. The van der Waals surface area contributed by atoms with Crippen LogP contribution < -0.4 is 9.47 Å². The van der Waals surface area contributed by atoms with E-state index in [0.717, 1.165) is 0 Å². The summed E-state index contributed by atoms with van der Waals surface area (Å²) in [5, 5.41) is 8.87. The van der Waals surface area contributed by atoms with Crippen LogP contribution in [0.15, 0.2) is 30.9 Å². The van der Waals surface area contributed by atoms with Gasteiger partial charge in [-0.3, -0.25) is 9.59 Å². The number of benzene rings is 1. The zero-order chi connectivity index (χ0) is 17.5. The fourth-order valence-corrected chi connectivity index (χ4v) is 2.83. The molecule has 24 heavy (non-hydrogen) atoms. The van der Waals surface area contributed by atoms with E-state index in [1.807, 2.05) is 0 Å². The number of ether oxygens (including phenoxy) is 2. The Hall–Kier alpha value is -2.50. The predicted octanol–water partition coefficient (Wildman–Crippen LogP) is 2.59. The van der Waals surface area contributed by atoms with Gasteiger partial charge in [0, 0.05) is 25.6 Å². The normalized spacial score (nSPS) is 15.0. The minimum absolute atomic E-state index is 0.106. The minimum atomic E-state index is -0.782. The Bertz CT molecular complexity index is 605. The van der Waals surface area contributed by atoms with Gasteiger partial charge in [-0.25, -0.2) is 0 Å². The van der Waals surface area contributed by atoms with Crippen molar-refractivity contribution in [3.8, 4) is 11.5 Å². The molecule has 130 valence electrons. The predicted molar refractivity (Wildman–Crippen MR) is 89.6 cm³/mol. The van der Waals surface area contributed by atoms with E-state index in [9.17, 15) is 9.59 Å². The summed E-state index contributed by atoms with van der Waals surface area (Å²) in [6, 6.07) is 5.11. The second kappa shape index (κ2) is 8.38. The molecule has 0 unspecified atom stereocenters. The summed E-state index contributed by atoms with van der Waals surface area (Å²) >= 11 is 0. The van der Waals surface area contributed by atoms with Gasteiger partial charge in [0.1, 0.15) is 18.1 Å². The zero-order valence-electron chi connectivity index (χ0n) is 13.9. The monoisotopic (exact) mass is 333 g/mol. The van der Waals surface area contributed by atoms with Gasteiger partial charge >= 0.3 is 5.97 Å². The van der Waals surface area contributed by atoms with Crippen LogP contribution in [0.2, 0.25) is 0 Å². The highest BCUT2D eigenvalue weighted by Gasteiger charge is 2.26. The average Bonchev–Trinajstić information content (AvgIpc) is 2.59. The van der Waals surface area contributed by atoms with Crippen LogP contribution in [-0.4, -0.2) is 48.7 Å². The third kappa shape index (κ3) is 4.50. The quantitative estimate of drug-likeness (QED) is 0.776. The number of carboxylic acids is 1. The van der Waals surface area contributed by atoms with Gasteiger partial charge in [-0.15, -0.1) is 0 Å². The number of rotatable bonds is 7. The summed E-state index contributed by atoms with van der Waals surface area (Å²) in [6.45, 7) is 5.03. The SMILES string of the molecule is C=CCOc1cc(OC)ccc1C(=O)N1CCC(CC(=O)O)CC1. The lowest BCUT2D eigenvalue weighted by atomic mass is 9.93. The molecular weight excluding hydrogens is 310 g/mol. The maximum absolute atomic E-state index is 12.8. The summed E-state index contributed by atoms with van der Waals surface area (Å²) < 4.78 is 10.8. The van der Waals surface area contributed by atoms with Crippen molar-refractivity contribution in [2.45, 2.75) is 19.3 Å². The second-order valence-corrected chi connectivity index (χ2v) is 5.80. The largest absolute Gasteiger partial charge is 0.497 e. The van der Waals surface area contributed by atoms with Crippen LogP contribution in [0.4, 0.5) is 0 Å². The molecular formula is C18H23NO5. The zero-order valence-corrected chi connectivity index (χ0v) is 13.9. The van der Waals surface area contributed by atoms with Crippen molar-refractivity contribution in [2.24, 2.45) is 5.92 Å². The van der Waals surface area contributed by atoms with Gasteiger partial charge in [0.15, 0.2) is 0 Å². The number of carbonyl (C=O) groups is 2. The lowest BCUT2D eigenvalue weighted by Gasteiger charge is -2.31. The van der Waals surface area contributed by atoms with E-state index in [2.05, 4.69) is 6.58 Å². The van der Waals surface area contributed by atoms with E-state index in [1.165, 1.54) is 0 Å². The maximum atomic E-state index is 12.8. The molecule has 1 aromatic rings. The average molecular weight is 333 g/mol. The maximum Gasteiger partial charge on any atom is 0.303 e. The van der Waals surface area contributed by atoms with Crippen LogP contribution >= 0.6 is 0 Å². The first-order valence-electron chi connectivity index (χ1n) is 7.98. The molecule has 0 aromatic heterocycles. The van der Waals surface area contributed by atoms with Gasteiger partial charge in [-0.1, -0.05) is 12.7 Å². The summed E-state index contributed by atoms with van der Waals surface area (Å²) in [7, 11) is 1.56. The highest BCUT2D eigenvalue weighted by molar-refractivity contribution is 5.97. The Balaban J connectivity index is 2.09. The molecule has 1 aromatic carbocycles. The third-order valence-electron chi connectivity index (χ3n) is 4.14. The molecule has 1 aliphatic rings. The number of carboxylic acid groups (broad SMARTS) is 1. The molecule has 1 fully saturated rings. The van der Waals surface area contributed by atoms with Crippen LogP contribution in [0.3, 0.4) is 0 Å². The molecule has 0 spiro atoms. The van der Waals surface area contributed by atoms with Crippen molar-refractivity contribution in [2.75, 3.05) is 26.8 Å². The number of amides is 1. The number of aliphatic carboxylic acids is 1. The van der Waals surface area contributed by atoms with Crippen molar-refractivity contribution in [3.05, 3.63) is 36.4 Å². The number of nitrogens with zero attached hydrogens (tertiary/aromatic N) is 1. The molecule has 6 nitrogen and oxygen atoms in total. The van der Waals surface area contributed by atoms with E-state index in [0.29, 0.717) is 49.6 Å². The number of hydrogen-bond acceptors (Lipinski definition) is 4. The molecule has 1 aliphatic heterocycles. The number of likely N-dealkylation sites (tertiary alicyclic amines) is 1.